The first-order chi connectivity index (χ1) is 8.54. The largest absolute Gasteiger partial charge is 0.353 e. The summed E-state index contributed by atoms with van der Waals surface area (Å²) in [5.74, 6) is 0.564. The van der Waals surface area contributed by atoms with Gasteiger partial charge in [0, 0.05) is 24.0 Å². The molecular weight excluding hydrogens is 224 g/mol. The SMILES string of the molecule is CC1(C)CCCC1C(=O)NC1CC2CCC(C1)N2. The van der Waals surface area contributed by atoms with Gasteiger partial charge in [0.05, 0.1) is 0 Å². The fourth-order valence-corrected chi connectivity index (χ4v) is 4.29. The molecule has 3 aliphatic rings. The predicted octanol–water partition coefficient (Wildman–Crippen LogP) is 2.21. The summed E-state index contributed by atoms with van der Waals surface area (Å²) in [6, 6.07) is 1.74. The van der Waals surface area contributed by atoms with Crippen molar-refractivity contribution >= 4 is 5.91 Å². The Morgan fingerprint density at radius 3 is 2.39 bits per heavy atom. The summed E-state index contributed by atoms with van der Waals surface area (Å²) in [6.07, 6.45) is 8.35. The van der Waals surface area contributed by atoms with E-state index in [1.165, 1.54) is 25.7 Å². The smallest absolute Gasteiger partial charge is 0.223 e. The maximum atomic E-state index is 12.4. The van der Waals surface area contributed by atoms with Gasteiger partial charge >= 0.3 is 0 Å². The summed E-state index contributed by atoms with van der Waals surface area (Å²) >= 11 is 0. The summed E-state index contributed by atoms with van der Waals surface area (Å²) in [7, 11) is 0. The van der Waals surface area contributed by atoms with Gasteiger partial charge in [0.25, 0.3) is 0 Å². The van der Waals surface area contributed by atoms with Crippen molar-refractivity contribution in [3.8, 4) is 0 Å². The highest BCUT2D eigenvalue weighted by atomic mass is 16.2. The quantitative estimate of drug-likeness (QED) is 0.789. The van der Waals surface area contributed by atoms with E-state index in [0.717, 1.165) is 19.3 Å². The van der Waals surface area contributed by atoms with Crippen molar-refractivity contribution in [3.63, 3.8) is 0 Å². The first-order valence-corrected chi connectivity index (χ1v) is 7.61. The van der Waals surface area contributed by atoms with Gasteiger partial charge in [0.2, 0.25) is 5.91 Å². The molecule has 3 nitrogen and oxygen atoms in total. The lowest BCUT2D eigenvalue weighted by Crippen LogP contribution is -2.50. The van der Waals surface area contributed by atoms with E-state index in [9.17, 15) is 4.79 Å². The average molecular weight is 250 g/mol. The van der Waals surface area contributed by atoms with Crippen LogP contribution in [0.25, 0.3) is 0 Å². The van der Waals surface area contributed by atoms with Crippen LogP contribution in [0.4, 0.5) is 0 Å². The van der Waals surface area contributed by atoms with Crippen LogP contribution in [0.15, 0.2) is 0 Å². The van der Waals surface area contributed by atoms with Crippen molar-refractivity contribution in [3.05, 3.63) is 0 Å². The monoisotopic (exact) mass is 250 g/mol. The normalized spacial score (nSPS) is 41.9. The number of fused-ring (bicyclic) bond motifs is 2. The minimum Gasteiger partial charge on any atom is -0.353 e. The predicted molar refractivity (Wildman–Crippen MR) is 72.2 cm³/mol. The topological polar surface area (TPSA) is 41.1 Å². The number of carbonyl (C=O) groups is 1. The van der Waals surface area contributed by atoms with E-state index >= 15 is 0 Å². The fraction of sp³-hybridized carbons (Fsp3) is 0.933. The summed E-state index contributed by atoms with van der Waals surface area (Å²) in [4.78, 5) is 12.4. The summed E-state index contributed by atoms with van der Waals surface area (Å²) < 4.78 is 0. The summed E-state index contributed by atoms with van der Waals surface area (Å²) in [5, 5.41) is 6.97. The molecule has 2 aliphatic heterocycles. The van der Waals surface area contributed by atoms with Crippen LogP contribution in [0.1, 0.15) is 58.8 Å². The van der Waals surface area contributed by atoms with Gasteiger partial charge in [-0.05, 0) is 43.9 Å². The Kier molecular flexibility index (Phi) is 3.13. The molecule has 3 rings (SSSR count). The Labute approximate surface area is 110 Å². The minimum atomic E-state index is 0.204. The first kappa shape index (κ1) is 12.5. The lowest BCUT2D eigenvalue weighted by molar-refractivity contribution is -0.128. The average Bonchev–Trinajstić information content (AvgIpc) is 2.81. The molecule has 2 saturated heterocycles. The molecule has 2 N–H and O–H groups in total. The highest BCUT2D eigenvalue weighted by Gasteiger charge is 2.41. The molecule has 3 fully saturated rings. The zero-order chi connectivity index (χ0) is 12.8. The second kappa shape index (κ2) is 4.52. The van der Waals surface area contributed by atoms with Crippen molar-refractivity contribution in [2.24, 2.45) is 11.3 Å². The van der Waals surface area contributed by atoms with E-state index in [2.05, 4.69) is 24.5 Å². The number of rotatable bonds is 2. The number of carbonyl (C=O) groups excluding carboxylic acids is 1. The third kappa shape index (κ3) is 2.29. The molecule has 1 amide bonds. The molecule has 0 spiro atoms. The number of hydrogen-bond donors (Lipinski definition) is 2. The van der Waals surface area contributed by atoms with E-state index in [4.69, 9.17) is 0 Å². The molecule has 3 heteroatoms. The van der Waals surface area contributed by atoms with Crippen LogP contribution in [-0.2, 0) is 4.79 Å². The third-order valence-corrected chi connectivity index (χ3v) is 5.39. The molecule has 0 aromatic rings. The highest BCUT2D eigenvalue weighted by molar-refractivity contribution is 5.80. The van der Waals surface area contributed by atoms with Crippen molar-refractivity contribution < 1.29 is 4.79 Å². The van der Waals surface area contributed by atoms with Gasteiger partial charge in [-0.25, -0.2) is 0 Å². The molecule has 3 atom stereocenters. The first-order valence-electron chi connectivity index (χ1n) is 7.61. The van der Waals surface area contributed by atoms with Gasteiger partial charge < -0.3 is 10.6 Å². The molecule has 2 heterocycles. The number of nitrogens with one attached hydrogen (secondary N) is 2. The van der Waals surface area contributed by atoms with Gasteiger partial charge in [0.15, 0.2) is 0 Å². The number of amides is 1. The van der Waals surface area contributed by atoms with E-state index in [-0.39, 0.29) is 11.3 Å². The minimum absolute atomic E-state index is 0.204. The van der Waals surface area contributed by atoms with E-state index in [0.29, 0.717) is 24.0 Å². The highest BCUT2D eigenvalue weighted by Crippen LogP contribution is 2.42. The molecule has 0 radical (unpaired) electrons. The number of piperidine rings is 1. The van der Waals surface area contributed by atoms with Crippen molar-refractivity contribution in [1.29, 1.82) is 0 Å². The molecule has 2 bridgehead atoms. The summed E-state index contributed by atoms with van der Waals surface area (Å²) in [5.41, 5.74) is 0.204. The third-order valence-electron chi connectivity index (χ3n) is 5.39. The second-order valence-electron chi connectivity index (χ2n) is 7.25. The Bertz CT molecular complexity index is 327. The van der Waals surface area contributed by atoms with Gasteiger partial charge in [-0.15, -0.1) is 0 Å². The van der Waals surface area contributed by atoms with Crippen LogP contribution in [0.2, 0.25) is 0 Å². The Morgan fingerprint density at radius 1 is 1.17 bits per heavy atom. The van der Waals surface area contributed by atoms with Gasteiger partial charge in [-0.3, -0.25) is 4.79 Å². The van der Waals surface area contributed by atoms with Gasteiger partial charge in [0.1, 0.15) is 0 Å². The standard InChI is InChI=1S/C15H26N2O/c1-15(2)7-3-4-13(15)14(18)17-12-8-10-5-6-11(9-12)16-10/h10-13,16H,3-9H2,1-2H3,(H,17,18). The number of hydrogen-bond acceptors (Lipinski definition) is 2. The summed E-state index contributed by atoms with van der Waals surface area (Å²) in [6.45, 7) is 4.49. The Hall–Kier alpha value is -0.570. The van der Waals surface area contributed by atoms with Gasteiger partial charge in [-0.1, -0.05) is 20.3 Å². The zero-order valence-electron chi connectivity index (χ0n) is 11.7. The second-order valence-corrected chi connectivity index (χ2v) is 7.25. The lowest BCUT2D eigenvalue weighted by Gasteiger charge is -2.32. The Balaban J connectivity index is 1.58. The van der Waals surface area contributed by atoms with Crippen molar-refractivity contribution in [2.45, 2.75) is 76.9 Å². The molecule has 102 valence electrons. The van der Waals surface area contributed by atoms with Crippen molar-refractivity contribution in [1.82, 2.24) is 10.6 Å². The van der Waals surface area contributed by atoms with Crippen LogP contribution >= 0.6 is 0 Å². The van der Waals surface area contributed by atoms with Crippen LogP contribution in [0.3, 0.4) is 0 Å². The van der Waals surface area contributed by atoms with Gasteiger partial charge in [-0.2, -0.15) is 0 Å². The molecule has 3 unspecified atom stereocenters. The van der Waals surface area contributed by atoms with E-state index in [1.807, 2.05) is 0 Å². The molecular formula is C15H26N2O. The van der Waals surface area contributed by atoms with E-state index < -0.39 is 0 Å². The Morgan fingerprint density at radius 2 is 1.83 bits per heavy atom. The molecule has 0 aromatic carbocycles. The molecule has 1 saturated carbocycles. The molecule has 1 aliphatic carbocycles. The lowest BCUT2D eigenvalue weighted by atomic mass is 9.81. The molecule has 0 aromatic heterocycles. The van der Waals surface area contributed by atoms with Crippen LogP contribution in [-0.4, -0.2) is 24.0 Å². The van der Waals surface area contributed by atoms with Crippen LogP contribution in [0.5, 0.6) is 0 Å². The van der Waals surface area contributed by atoms with Crippen LogP contribution < -0.4 is 10.6 Å². The fourth-order valence-electron chi connectivity index (χ4n) is 4.29. The maximum absolute atomic E-state index is 12.4. The molecule has 18 heavy (non-hydrogen) atoms. The van der Waals surface area contributed by atoms with E-state index in [1.54, 1.807) is 0 Å². The van der Waals surface area contributed by atoms with Crippen LogP contribution in [0, 0.1) is 11.3 Å². The maximum Gasteiger partial charge on any atom is 0.223 e. The van der Waals surface area contributed by atoms with Crippen molar-refractivity contribution in [2.75, 3.05) is 0 Å². The zero-order valence-corrected chi connectivity index (χ0v) is 11.7.